The van der Waals surface area contributed by atoms with Crippen molar-refractivity contribution in [2.24, 2.45) is 0 Å². The normalized spacial score (nSPS) is 17.0. The molecule has 31 heavy (non-hydrogen) atoms. The van der Waals surface area contributed by atoms with Crippen LogP contribution >= 0.6 is 0 Å². The number of hydrogen-bond acceptors (Lipinski definition) is 5. The van der Waals surface area contributed by atoms with E-state index in [0.717, 1.165) is 55.8 Å². The third-order valence-corrected chi connectivity index (χ3v) is 6.16. The van der Waals surface area contributed by atoms with Gasteiger partial charge in [-0.25, -0.2) is 4.98 Å². The number of rotatable bonds is 5. The first kappa shape index (κ1) is 19.8. The third-order valence-electron chi connectivity index (χ3n) is 6.16. The van der Waals surface area contributed by atoms with Crippen LogP contribution in [0.3, 0.4) is 0 Å². The fraction of sp³-hybridized carbons (Fsp3) is 0.360. The highest BCUT2D eigenvalue weighted by Gasteiger charge is 2.34. The molecule has 0 bridgehead atoms. The molecule has 0 radical (unpaired) electrons. The molecule has 3 aromatic rings. The lowest BCUT2D eigenvalue weighted by atomic mass is 10.1. The minimum absolute atomic E-state index is 0.205. The Balaban J connectivity index is 1.36. The summed E-state index contributed by atoms with van der Waals surface area (Å²) >= 11 is 0. The smallest absolute Gasteiger partial charge is 0.277 e. The van der Waals surface area contributed by atoms with Crippen LogP contribution in [0.25, 0.3) is 11.5 Å². The van der Waals surface area contributed by atoms with Crippen molar-refractivity contribution in [2.45, 2.75) is 25.7 Å². The molecule has 1 saturated carbocycles. The molecule has 1 aliphatic carbocycles. The number of piperazine rings is 1. The maximum atomic E-state index is 13.1. The Morgan fingerprint density at radius 3 is 2.48 bits per heavy atom. The minimum atomic E-state index is -0.205. The van der Waals surface area contributed by atoms with Crippen molar-refractivity contribution >= 4 is 17.3 Å². The number of likely N-dealkylation sites (N-methyl/N-ethyl adjacent to an activating group) is 1. The Morgan fingerprint density at radius 1 is 1.06 bits per heavy atom. The zero-order valence-electron chi connectivity index (χ0n) is 18.1. The molecule has 5 rings (SSSR count). The fourth-order valence-corrected chi connectivity index (χ4v) is 4.05. The van der Waals surface area contributed by atoms with Crippen LogP contribution in [0, 0.1) is 6.92 Å². The number of anilines is 2. The fourth-order valence-electron chi connectivity index (χ4n) is 4.05. The number of oxazole rings is 1. The zero-order chi connectivity index (χ0) is 21.4. The highest BCUT2D eigenvalue weighted by atomic mass is 16.4. The van der Waals surface area contributed by atoms with E-state index in [0.29, 0.717) is 23.3 Å². The Morgan fingerprint density at radius 2 is 1.81 bits per heavy atom. The molecule has 2 heterocycles. The molecule has 1 aromatic heterocycles. The number of nitrogens with one attached hydrogen (secondary N) is 1. The van der Waals surface area contributed by atoms with Gasteiger partial charge in [0.2, 0.25) is 5.89 Å². The van der Waals surface area contributed by atoms with E-state index < -0.39 is 0 Å². The monoisotopic (exact) mass is 416 g/mol. The Bertz CT molecular complexity index is 1080. The van der Waals surface area contributed by atoms with E-state index in [1.165, 1.54) is 5.69 Å². The summed E-state index contributed by atoms with van der Waals surface area (Å²) < 4.78 is 6.04. The molecular formula is C25H28N4O2. The number of carbonyl (C=O) groups excluding carboxylic acids is 1. The average molecular weight is 417 g/mol. The number of aromatic nitrogens is 1. The molecule has 0 atom stereocenters. The summed E-state index contributed by atoms with van der Waals surface area (Å²) in [6, 6.07) is 16.0. The summed E-state index contributed by atoms with van der Waals surface area (Å²) in [6.07, 6.45) is 2.09. The average Bonchev–Trinajstić information content (AvgIpc) is 3.54. The van der Waals surface area contributed by atoms with Crippen LogP contribution in [0.15, 0.2) is 52.9 Å². The van der Waals surface area contributed by atoms with E-state index in [1.807, 2.05) is 43.3 Å². The molecular weight excluding hydrogens is 388 g/mol. The molecule has 2 fully saturated rings. The first-order valence-corrected chi connectivity index (χ1v) is 11.0. The maximum Gasteiger partial charge on any atom is 0.277 e. The van der Waals surface area contributed by atoms with Gasteiger partial charge in [0.1, 0.15) is 5.76 Å². The predicted octanol–water partition coefficient (Wildman–Crippen LogP) is 4.53. The van der Waals surface area contributed by atoms with Crippen LogP contribution in [0.5, 0.6) is 0 Å². The first-order chi connectivity index (χ1) is 15.1. The quantitative estimate of drug-likeness (QED) is 0.662. The van der Waals surface area contributed by atoms with Gasteiger partial charge in [-0.15, -0.1) is 0 Å². The summed E-state index contributed by atoms with van der Waals surface area (Å²) in [5.74, 6) is 1.31. The van der Waals surface area contributed by atoms with Gasteiger partial charge in [0, 0.05) is 49.0 Å². The molecule has 1 aliphatic heterocycles. The first-order valence-electron chi connectivity index (χ1n) is 11.0. The predicted molar refractivity (Wildman–Crippen MR) is 123 cm³/mol. The summed E-state index contributed by atoms with van der Waals surface area (Å²) in [4.78, 5) is 22.5. The second kappa shape index (κ2) is 8.19. The van der Waals surface area contributed by atoms with E-state index in [9.17, 15) is 4.79 Å². The molecule has 2 aliphatic rings. The largest absolute Gasteiger partial charge is 0.440 e. The van der Waals surface area contributed by atoms with Crippen LogP contribution in [0.2, 0.25) is 0 Å². The van der Waals surface area contributed by atoms with Crippen LogP contribution in [0.1, 0.15) is 40.6 Å². The van der Waals surface area contributed by atoms with E-state index in [1.54, 1.807) is 0 Å². The van der Waals surface area contributed by atoms with E-state index >= 15 is 0 Å². The van der Waals surface area contributed by atoms with Crippen molar-refractivity contribution in [2.75, 3.05) is 43.4 Å². The lowest BCUT2D eigenvalue weighted by molar-refractivity contribution is 0.102. The van der Waals surface area contributed by atoms with Crippen molar-refractivity contribution in [3.63, 3.8) is 0 Å². The summed E-state index contributed by atoms with van der Waals surface area (Å²) in [5.41, 5.74) is 4.36. The van der Waals surface area contributed by atoms with Gasteiger partial charge in [-0.2, -0.15) is 0 Å². The molecule has 0 unspecified atom stereocenters. The van der Waals surface area contributed by atoms with Gasteiger partial charge in [0.25, 0.3) is 5.91 Å². The second-order valence-corrected chi connectivity index (χ2v) is 8.62. The van der Waals surface area contributed by atoms with E-state index in [-0.39, 0.29) is 5.91 Å². The number of hydrogen-bond donors (Lipinski definition) is 1. The number of aryl methyl sites for hydroxylation is 1. The van der Waals surface area contributed by atoms with Gasteiger partial charge in [0.15, 0.2) is 5.69 Å². The van der Waals surface area contributed by atoms with Crippen molar-refractivity contribution in [1.82, 2.24) is 9.88 Å². The van der Waals surface area contributed by atoms with Gasteiger partial charge < -0.3 is 19.5 Å². The van der Waals surface area contributed by atoms with E-state index in [4.69, 9.17) is 4.42 Å². The third kappa shape index (κ3) is 4.21. The topological polar surface area (TPSA) is 61.6 Å². The standard InChI is InChI=1S/C25H28N4O2/c1-17-16-20(29-14-12-28(2)13-15-29)10-11-21(17)26-24(30)22-23(18-8-9-18)31-25(27-22)19-6-4-3-5-7-19/h3-7,10-11,16,18H,8-9,12-15H2,1-2H3,(H,26,30). The van der Waals surface area contributed by atoms with Crippen LogP contribution in [-0.2, 0) is 0 Å². The second-order valence-electron chi connectivity index (χ2n) is 8.62. The van der Waals surface area contributed by atoms with E-state index in [2.05, 4.69) is 39.3 Å². The molecule has 0 spiro atoms. The summed E-state index contributed by atoms with van der Waals surface area (Å²) in [5, 5.41) is 3.06. The maximum absolute atomic E-state index is 13.1. The van der Waals surface area contributed by atoms with Gasteiger partial charge in [0.05, 0.1) is 0 Å². The number of nitrogens with zero attached hydrogens (tertiary/aromatic N) is 3. The molecule has 1 amide bonds. The highest BCUT2D eigenvalue weighted by molar-refractivity contribution is 6.04. The van der Waals surface area contributed by atoms with Crippen molar-refractivity contribution < 1.29 is 9.21 Å². The number of carbonyl (C=O) groups is 1. The lowest BCUT2D eigenvalue weighted by Gasteiger charge is -2.34. The number of benzene rings is 2. The van der Waals surface area contributed by atoms with Gasteiger partial charge in [-0.3, -0.25) is 4.79 Å². The SMILES string of the molecule is Cc1cc(N2CCN(C)CC2)ccc1NC(=O)c1nc(-c2ccccc2)oc1C1CC1. The van der Waals surface area contributed by atoms with Gasteiger partial charge in [-0.1, -0.05) is 18.2 Å². The number of amides is 1. The van der Waals surface area contributed by atoms with Crippen LogP contribution in [-0.4, -0.2) is 49.0 Å². The molecule has 6 heteroatoms. The van der Waals surface area contributed by atoms with Gasteiger partial charge >= 0.3 is 0 Å². The summed E-state index contributed by atoms with van der Waals surface area (Å²) in [7, 11) is 2.16. The van der Waals surface area contributed by atoms with Crippen LogP contribution in [0.4, 0.5) is 11.4 Å². The van der Waals surface area contributed by atoms with Gasteiger partial charge in [-0.05, 0) is 62.7 Å². The molecule has 1 N–H and O–H groups in total. The highest BCUT2D eigenvalue weighted by Crippen LogP contribution is 2.43. The molecule has 160 valence electrons. The van der Waals surface area contributed by atoms with Crippen LogP contribution < -0.4 is 10.2 Å². The lowest BCUT2D eigenvalue weighted by Crippen LogP contribution is -2.44. The zero-order valence-corrected chi connectivity index (χ0v) is 18.1. The summed E-state index contributed by atoms with van der Waals surface area (Å²) in [6.45, 7) is 6.21. The molecule has 1 saturated heterocycles. The van der Waals surface area contributed by atoms with Crippen molar-refractivity contribution in [3.8, 4) is 11.5 Å². The Hall–Kier alpha value is -3.12. The Labute approximate surface area is 182 Å². The Kier molecular flexibility index (Phi) is 5.24. The van der Waals surface area contributed by atoms with Crippen molar-refractivity contribution in [1.29, 1.82) is 0 Å². The minimum Gasteiger partial charge on any atom is -0.440 e. The molecule has 2 aromatic carbocycles. The molecule has 6 nitrogen and oxygen atoms in total. The van der Waals surface area contributed by atoms with Crippen molar-refractivity contribution in [3.05, 3.63) is 65.5 Å².